The van der Waals surface area contributed by atoms with Gasteiger partial charge >= 0.3 is 0 Å². The third kappa shape index (κ3) is 6.78. The molecule has 0 unspecified atom stereocenters. The molecule has 6 heteroatoms. The van der Waals surface area contributed by atoms with Crippen LogP contribution in [0.15, 0.2) is 4.99 Å². The molecule has 6 nitrogen and oxygen atoms in total. The van der Waals surface area contributed by atoms with Gasteiger partial charge < -0.3 is 20.3 Å². The Morgan fingerprint density at radius 1 is 1.19 bits per heavy atom. The van der Waals surface area contributed by atoms with Crippen LogP contribution in [0, 0.1) is 5.41 Å². The summed E-state index contributed by atoms with van der Waals surface area (Å²) in [7, 11) is 3.55. The number of carbonyl (C=O) groups excluding carboxylic acids is 1. The third-order valence-corrected chi connectivity index (χ3v) is 5.84. The molecule has 150 valence electrons. The summed E-state index contributed by atoms with van der Waals surface area (Å²) in [6.07, 6.45) is 11.1. The number of rotatable bonds is 9. The van der Waals surface area contributed by atoms with Gasteiger partial charge in [-0.25, -0.2) is 4.99 Å². The lowest BCUT2D eigenvalue weighted by molar-refractivity contribution is -0.127. The molecule has 1 amide bonds. The van der Waals surface area contributed by atoms with E-state index >= 15 is 0 Å². The standard InChI is InChI=1S/C20H38N4O2/c1-4-26-14-13-20(11-7-8-12-20)16-22-19(21-15-18(25)24(2)3)23-17-9-5-6-10-17/h17H,4-16H2,1-3H3,(H2,21,22,23). The fraction of sp³-hybridized carbons (Fsp3) is 0.900. The quantitative estimate of drug-likeness (QED) is 0.374. The Morgan fingerprint density at radius 3 is 2.50 bits per heavy atom. The lowest BCUT2D eigenvalue weighted by Gasteiger charge is -2.30. The number of guanidine groups is 1. The molecule has 0 atom stereocenters. The van der Waals surface area contributed by atoms with Gasteiger partial charge in [0.05, 0.1) is 0 Å². The summed E-state index contributed by atoms with van der Waals surface area (Å²) in [4.78, 5) is 18.1. The SMILES string of the molecule is CCOCCC1(CNC(=NCC(=O)N(C)C)NC2CCCC2)CCCC1. The molecule has 2 aliphatic rings. The maximum atomic E-state index is 11.9. The molecule has 0 radical (unpaired) electrons. The van der Waals surface area contributed by atoms with Crippen molar-refractivity contribution in [3.8, 4) is 0 Å². The Bertz CT molecular complexity index is 453. The molecule has 2 fully saturated rings. The molecule has 0 aliphatic heterocycles. The molecule has 2 saturated carbocycles. The van der Waals surface area contributed by atoms with Gasteiger partial charge in [0.25, 0.3) is 0 Å². The maximum Gasteiger partial charge on any atom is 0.243 e. The number of nitrogens with one attached hydrogen (secondary N) is 2. The van der Waals surface area contributed by atoms with Gasteiger partial charge in [0, 0.05) is 39.9 Å². The van der Waals surface area contributed by atoms with Crippen molar-refractivity contribution >= 4 is 11.9 Å². The Labute approximate surface area is 159 Å². The summed E-state index contributed by atoms with van der Waals surface area (Å²) >= 11 is 0. The first kappa shape index (κ1) is 21.0. The molecular weight excluding hydrogens is 328 g/mol. The van der Waals surface area contributed by atoms with Crippen molar-refractivity contribution in [2.75, 3.05) is 40.4 Å². The van der Waals surface area contributed by atoms with Crippen LogP contribution in [0.1, 0.15) is 64.7 Å². The zero-order valence-electron chi connectivity index (χ0n) is 17.0. The summed E-state index contributed by atoms with van der Waals surface area (Å²) in [5.41, 5.74) is 0.304. The predicted octanol–water partition coefficient (Wildman–Crippen LogP) is 2.54. The minimum atomic E-state index is 0.0319. The molecule has 0 aromatic carbocycles. The van der Waals surface area contributed by atoms with Crippen LogP contribution in [-0.4, -0.2) is 63.2 Å². The van der Waals surface area contributed by atoms with Crippen molar-refractivity contribution < 1.29 is 9.53 Å². The monoisotopic (exact) mass is 366 g/mol. The molecule has 2 rings (SSSR count). The highest BCUT2D eigenvalue weighted by atomic mass is 16.5. The summed E-state index contributed by atoms with van der Waals surface area (Å²) in [5, 5.41) is 7.12. The molecule has 0 saturated heterocycles. The fourth-order valence-electron chi connectivity index (χ4n) is 4.05. The average molecular weight is 367 g/mol. The van der Waals surface area contributed by atoms with E-state index in [0.29, 0.717) is 11.5 Å². The molecule has 0 bridgehead atoms. The fourth-order valence-corrected chi connectivity index (χ4v) is 4.05. The van der Waals surface area contributed by atoms with E-state index in [2.05, 4.69) is 22.5 Å². The third-order valence-electron chi connectivity index (χ3n) is 5.84. The zero-order chi connectivity index (χ0) is 18.8. The number of carbonyl (C=O) groups is 1. The van der Waals surface area contributed by atoms with Crippen LogP contribution in [0.4, 0.5) is 0 Å². The van der Waals surface area contributed by atoms with Crippen molar-refractivity contribution in [1.29, 1.82) is 0 Å². The number of nitrogens with zero attached hydrogens (tertiary/aromatic N) is 2. The lowest BCUT2D eigenvalue weighted by Crippen LogP contribution is -2.47. The van der Waals surface area contributed by atoms with Crippen molar-refractivity contribution in [3.05, 3.63) is 0 Å². The first-order valence-electron chi connectivity index (χ1n) is 10.4. The van der Waals surface area contributed by atoms with Crippen LogP contribution in [0.2, 0.25) is 0 Å². The van der Waals surface area contributed by atoms with Crippen LogP contribution in [-0.2, 0) is 9.53 Å². The number of hydrogen-bond acceptors (Lipinski definition) is 3. The van der Waals surface area contributed by atoms with E-state index in [1.807, 2.05) is 0 Å². The number of amides is 1. The second-order valence-corrected chi connectivity index (χ2v) is 8.09. The Morgan fingerprint density at radius 2 is 1.88 bits per heavy atom. The molecule has 0 spiro atoms. The number of hydrogen-bond donors (Lipinski definition) is 2. The van der Waals surface area contributed by atoms with Gasteiger partial charge in [-0.2, -0.15) is 0 Å². The number of aliphatic imine (C=N–C) groups is 1. The van der Waals surface area contributed by atoms with E-state index in [4.69, 9.17) is 4.74 Å². The molecule has 2 N–H and O–H groups in total. The van der Waals surface area contributed by atoms with Gasteiger partial charge in [-0.3, -0.25) is 4.79 Å². The molecule has 26 heavy (non-hydrogen) atoms. The molecule has 0 heterocycles. The summed E-state index contributed by atoms with van der Waals surface area (Å²) in [6, 6.07) is 0.485. The van der Waals surface area contributed by atoms with Gasteiger partial charge in [0.15, 0.2) is 5.96 Å². The Kier molecular flexibility index (Phi) is 8.69. The van der Waals surface area contributed by atoms with E-state index < -0.39 is 0 Å². The van der Waals surface area contributed by atoms with E-state index in [0.717, 1.165) is 32.1 Å². The van der Waals surface area contributed by atoms with Gasteiger partial charge in [-0.15, -0.1) is 0 Å². The van der Waals surface area contributed by atoms with E-state index in [1.54, 1.807) is 19.0 Å². The van der Waals surface area contributed by atoms with E-state index in [9.17, 15) is 4.79 Å². The second kappa shape index (κ2) is 10.8. The zero-order valence-corrected chi connectivity index (χ0v) is 17.0. The molecule has 2 aliphatic carbocycles. The normalized spacial score (nSPS) is 20.3. The highest BCUT2D eigenvalue weighted by Crippen LogP contribution is 2.40. The second-order valence-electron chi connectivity index (χ2n) is 8.09. The van der Waals surface area contributed by atoms with E-state index in [-0.39, 0.29) is 12.5 Å². The topological polar surface area (TPSA) is 66.0 Å². The Balaban J connectivity index is 1.94. The maximum absolute atomic E-state index is 11.9. The average Bonchev–Trinajstić information content (AvgIpc) is 3.29. The van der Waals surface area contributed by atoms with Crippen molar-refractivity contribution in [3.63, 3.8) is 0 Å². The van der Waals surface area contributed by atoms with Gasteiger partial charge in [-0.05, 0) is 44.4 Å². The lowest BCUT2D eigenvalue weighted by atomic mass is 9.83. The minimum Gasteiger partial charge on any atom is -0.382 e. The molecule has 0 aromatic rings. The summed E-state index contributed by atoms with van der Waals surface area (Å²) in [5.74, 6) is 0.833. The minimum absolute atomic E-state index is 0.0319. The first-order valence-corrected chi connectivity index (χ1v) is 10.4. The van der Waals surface area contributed by atoms with Crippen LogP contribution in [0.5, 0.6) is 0 Å². The van der Waals surface area contributed by atoms with E-state index in [1.165, 1.54) is 51.4 Å². The highest BCUT2D eigenvalue weighted by molar-refractivity contribution is 5.85. The summed E-state index contributed by atoms with van der Waals surface area (Å²) in [6.45, 7) is 4.78. The van der Waals surface area contributed by atoms with Crippen LogP contribution >= 0.6 is 0 Å². The highest BCUT2D eigenvalue weighted by Gasteiger charge is 2.33. The smallest absolute Gasteiger partial charge is 0.243 e. The van der Waals surface area contributed by atoms with Crippen molar-refractivity contribution in [1.82, 2.24) is 15.5 Å². The van der Waals surface area contributed by atoms with Crippen molar-refractivity contribution in [2.24, 2.45) is 10.4 Å². The largest absolute Gasteiger partial charge is 0.382 e. The first-order chi connectivity index (χ1) is 12.5. The summed E-state index contributed by atoms with van der Waals surface area (Å²) < 4.78 is 5.62. The predicted molar refractivity (Wildman–Crippen MR) is 106 cm³/mol. The van der Waals surface area contributed by atoms with Crippen LogP contribution < -0.4 is 10.6 Å². The van der Waals surface area contributed by atoms with Crippen LogP contribution in [0.25, 0.3) is 0 Å². The van der Waals surface area contributed by atoms with Crippen LogP contribution in [0.3, 0.4) is 0 Å². The molecular formula is C20H38N4O2. The van der Waals surface area contributed by atoms with Gasteiger partial charge in [0.1, 0.15) is 6.54 Å². The van der Waals surface area contributed by atoms with Crippen molar-refractivity contribution in [2.45, 2.75) is 70.8 Å². The van der Waals surface area contributed by atoms with Gasteiger partial charge in [0.2, 0.25) is 5.91 Å². The Hall–Kier alpha value is -1.30. The molecule has 0 aromatic heterocycles. The number of ether oxygens (including phenoxy) is 1. The van der Waals surface area contributed by atoms with Gasteiger partial charge in [-0.1, -0.05) is 25.7 Å². The number of likely N-dealkylation sites (N-methyl/N-ethyl adjacent to an activating group) is 1.